The lowest BCUT2D eigenvalue weighted by Gasteiger charge is -2.11. The lowest BCUT2D eigenvalue weighted by atomic mass is 10.1. The Kier molecular flexibility index (Phi) is 4.79. The Hall–Kier alpha value is -1.40. The van der Waals surface area contributed by atoms with Gasteiger partial charge in [-0.2, -0.15) is 5.26 Å². The predicted molar refractivity (Wildman–Crippen MR) is 60.1 cm³/mol. The van der Waals surface area contributed by atoms with Gasteiger partial charge in [0.05, 0.1) is 18.2 Å². The Morgan fingerprint density at radius 1 is 1.60 bits per heavy atom. The van der Waals surface area contributed by atoms with Crippen molar-refractivity contribution in [2.45, 2.75) is 39.3 Å². The molecule has 1 atom stereocenters. The van der Waals surface area contributed by atoms with E-state index in [-0.39, 0.29) is 6.04 Å². The quantitative estimate of drug-likeness (QED) is 0.796. The highest BCUT2D eigenvalue weighted by Crippen LogP contribution is 2.06. The van der Waals surface area contributed by atoms with E-state index in [1.165, 1.54) is 5.56 Å². The second-order valence-corrected chi connectivity index (χ2v) is 3.61. The van der Waals surface area contributed by atoms with Crippen LogP contribution in [0.2, 0.25) is 0 Å². The Balaban J connectivity index is 2.54. The van der Waals surface area contributed by atoms with E-state index in [0.717, 1.165) is 18.7 Å². The molecule has 0 saturated heterocycles. The fourth-order valence-corrected chi connectivity index (χ4v) is 1.43. The van der Waals surface area contributed by atoms with Crippen molar-refractivity contribution in [1.82, 2.24) is 10.3 Å². The Bertz CT molecular complexity index is 341. The van der Waals surface area contributed by atoms with Gasteiger partial charge in [0.2, 0.25) is 0 Å². The smallest absolute Gasteiger partial charge is 0.0638 e. The van der Waals surface area contributed by atoms with Crippen molar-refractivity contribution in [3.05, 3.63) is 29.6 Å². The van der Waals surface area contributed by atoms with Gasteiger partial charge in [-0.25, -0.2) is 0 Å². The average molecular weight is 203 g/mol. The highest BCUT2D eigenvalue weighted by Gasteiger charge is 2.04. The van der Waals surface area contributed by atoms with Gasteiger partial charge < -0.3 is 5.32 Å². The zero-order valence-electron chi connectivity index (χ0n) is 9.33. The molecule has 0 spiro atoms. The molecule has 80 valence electrons. The maximum atomic E-state index is 8.53. The third kappa shape index (κ3) is 3.69. The fraction of sp³-hybridized carbons (Fsp3) is 0.500. The molecule has 0 radical (unpaired) electrons. The van der Waals surface area contributed by atoms with E-state index in [4.69, 9.17) is 5.26 Å². The topological polar surface area (TPSA) is 48.7 Å². The van der Waals surface area contributed by atoms with Gasteiger partial charge in [0.25, 0.3) is 0 Å². The van der Waals surface area contributed by atoms with Crippen LogP contribution in [-0.2, 0) is 13.0 Å². The van der Waals surface area contributed by atoms with Gasteiger partial charge in [-0.1, -0.05) is 13.0 Å². The van der Waals surface area contributed by atoms with Crippen molar-refractivity contribution in [2.24, 2.45) is 0 Å². The van der Waals surface area contributed by atoms with Gasteiger partial charge in [-0.15, -0.1) is 0 Å². The number of nitrogens with zero attached hydrogens (tertiary/aromatic N) is 2. The molecule has 0 aliphatic heterocycles. The Labute approximate surface area is 91.1 Å². The molecule has 0 fully saturated rings. The standard InChI is InChI=1S/C12H17N3/c1-3-11-5-4-8-14-12(11)9-15-10(2)6-7-13/h4-5,8,10,15H,3,6,9H2,1-2H3. The molecule has 1 heterocycles. The third-order valence-electron chi connectivity index (χ3n) is 2.38. The first-order valence-electron chi connectivity index (χ1n) is 5.31. The predicted octanol–water partition coefficient (Wildman–Crippen LogP) is 2.04. The van der Waals surface area contributed by atoms with E-state index in [2.05, 4.69) is 29.4 Å². The van der Waals surface area contributed by atoms with Gasteiger partial charge in [-0.05, 0) is 25.0 Å². The molecule has 0 saturated carbocycles. The minimum atomic E-state index is 0.224. The van der Waals surface area contributed by atoms with Crippen LogP contribution in [0.1, 0.15) is 31.5 Å². The molecule has 1 unspecified atom stereocenters. The number of pyridine rings is 1. The van der Waals surface area contributed by atoms with Crippen LogP contribution < -0.4 is 5.32 Å². The summed E-state index contributed by atoms with van der Waals surface area (Å²) in [5, 5.41) is 11.8. The van der Waals surface area contributed by atoms with E-state index < -0.39 is 0 Å². The first-order valence-corrected chi connectivity index (χ1v) is 5.31. The van der Waals surface area contributed by atoms with Gasteiger partial charge in [-0.3, -0.25) is 4.98 Å². The normalized spacial score (nSPS) is 12.1. The van der Waals surface area contributed by atoms with Gasteiger partial charge in [0, 0.05) is 18.8 Å². The Morgan fingerprint density at radius 2 is 2.40 bits per heavy atom. The van der Waals surface area contributed by atoms with Crippen LogP contribution in [0.3, 0.4) is 0 Å². The summed E-state index contributed by atoms with van der Waals surface area (Å²) in [6.45, 7) is 4.88. The summed E-state index contributed by atoms with van der Waals surface area (Å²) >= 11 is 0. The van der Waals surface area contributed by atoms with Gasteiger partial charge in [0.15, 0.2) is 0 Å². The summed E-state index contributed by atoms with van der Waals surface area (Å²) in [6.07, 6.45) is 3.34. The van der Waals surface area contributed by atoms with E-state index >= 15 is 0 Å². The lowest BCUT2D eigenvalue weighted by molar-refractivity contribution is 0.549. The first-order chi connectivity index (χ1) is 7.27. The van der Waals surface area contributed by atoms with Crippen molar-refractivity contribution in [1.29, 1.82) is 5.26 Å². The summed E-state index contributed by atoms with van der Waals surface area (Å²) in [5.74, 6) is 0. The summed E-state index contributed by atoms with van der Waals surface area (Å²) in [7, 11) is 0. The maximum absolute atomic E-state index is 8.53. The fourth-order valence-electron chi connectivity index (χ4n) is 1.43. The van der Waals surface area contributed by atoms with Gasteiger partial charge in [0.1, 0.15) is 0 Å². The maximum Gasteiger partial charge on any atom is 0.0638 e. The van der Waals surface area contributed by atoms with E-state index in [1.54, 1.807) is 0 Å². The molecule has 15 heavy (non-hydrogen) atoms. The summed E-state index contributed by atoms with van der Waals surface area (Å²) in [4.78, 5) is 4.34. The van der Waals surface area contributed by atoms with Crippen molar-refractivity contribution in [2.75, 3.05) is 0 Å². The zero-order valence-corrected chi connectivity index (χ0v) is 9.33. The first kappa shape index (κ1) is 11.7. The molecule has 1 N–H and O–H groups in total. The van der Waals surface area contributed by atoms with E-state index in [9.17, 15) is 0 Å². The number of nitrogens with one attached hydrogen (secondary N) is 1. The molecule has 0 aliphatic carbocycles. The van der Waals surface area contributed by atoms with Crippen LogP contribution >= 0.6 is 0 Å². The number of rotatable bonds is 5. The molecule has 0 bridgehead atoms. The number of aromatic nitrogens is 1. The van der Waals surface area contributed by atoms with Crippen LogP contribution in [0.4, 0.5) is 0 Å². The molecule has 1 aromatic rings. The van der Waals surface area contributed by atoms with Gasteiger partial charge >= 0.3 is 0 Å². The monoisotopic (exact) mass is 203 g/mol. The number of nitriles is 1. The van der Waals surface area contributed by atoms with E-state index in [1.807, 2.05) is 19.2 Å². The zero-order chi connectivity index (χ0) is 11.1. The summed E-state index contributed by atoms with van der Waals surface area (Å²) < 4.78 is 0. The van der Waals surface area contributed by atoms with Crippen LogP contribution in [0.25, 0.3) is 0 Å². The molecule has 1 aromatic heterocycles. The molecule has 3 heteroatoms. The molecular weight excluding hydrogens is 186 g/mol. The number of hydrogen-bond acceptors (Lipinski definition) is 3. The second kappa shape index (κ2) is 6.15. The number of aryl methyl sites for hydroxylation is 1. The summed E-state index contributed by atoms with van der Waals surface area (Å²) in [5.41, 5.74) is 2.36. The average Bonchev–Trinajstić information content (AvgIpc) is 2.27. The highest BCUT2D eigenvalue weighted by atomic mass is 14.9. The summed E-state index contributed by atoms with van der Waals surface area (Å²) in [6, 6.07) is 6.43. The van der Waals surface area contributed by atoms with Crippen molar-refractivity contribution >= 4 is 0 Å². The molecule has 0 amide bonds. The van der Waals surface area contributed by atoms with Crippen LogP contribution in [0.5, 0.6) is 0 Å². The SMILES string of the molecule is CCc1cccnc1CNC(C)CC#N. The second-order valence-electron chi connectivity index (χ2n) is 3.61. The van der Waals surface area contributed by atoms with Crippen molar-refractivity contribution in [3.8, 4) is 6.07 Å². The largest absolute Gasteiger partial charge is 0.308 e. The minimum Gasteiger partial charge on any atom is -0.308 e. The number of hydrogen-bond donors (Lipinski definition) is 1. The van der Waals surface area contributed by atoms with Crippen LogP contribution in [-0.4, -0.2) is 11.0 Å². The van der Waals surface area contributed by atoms with Crippen LogP contribution in [0, 0.1) is 11.3 Å². The molecule has 0 aromatic carbocycles. The van der Waals surface area contributed by atoms with Crippen molar-refractivity contribution < 1.29 is 0 Å². The highest BCUT2D eigenvalue weighted by molar-refractivity contribution is 5.19. The molecule has 0 aliphatic rings. The third-order valence-corrected chi connectivity index (χ3v) is 2.38. The molecule has 1 rings (SSSR count). The molecular formula is C12H17N3. The minimum absolute atomic E-state index is 0.224. The van der Waals surface area contributed by atoms with E-state index in [0.29, 0.717) is 6.42 Å². The van der Waals surface area contributed by atoms with Crippen LogP contribution in [0.15, 0.2) is 18.3 Å². The Morgan fingerprint density at radius 3 is 3.07 bits per heavy atom. The molecule has 3 nitrogen and oxygen atoms in total. The lowest BCUT2D eigenvalue weighted by Crippen LogP contribution is -2.25. The van der Waals surface area contributed by atoms with Crippen molar-refractivity contribution in [3.63, 3.8) is 0 Å².